The zero-order chi connectivity index (χ0) is 10.7. The van der Waals surface area contributed by atoms with Gasteiger partial charge in [0.05, 0.1) is 6.10 Å². The van der Waals surface area contributed by atoms with Gasteiger partial charge in [-0.15, -0.1) is 0 Å². The first-order valence-electron chi connectivity index (χ1n) is 5.28. The molecule has 1 fully saturated rings. The van der Waals surface area contributed by atoms with Gasteiger partial charge in [-0.05, 0) is 25.0 Å². The molecule has 1 unspecified atom stereocenters. The van der Waals surface area contributed by atoms with Crippen LogP contribution in [0.15, 0.2) is 24.3 Å². The number of carbonyl (C=O) groups excluding carboxylic acids is 1. The lowest BCUT2D eigenvalue weighted by Crippen LogP contribution is -2.38. The van der Waals surface area contributed by atoms with Crippen molar-refractivity contribution in [2.24, 2.45) is 0 Å². The molecule has 0 bridgehead atoms. The Morgan fingerprint density at radius 3 is 3.07 bits per heavy atom. The van der Waals surface area contributed by atoms with Crippen LogP contribution < -0.4 is 4.90 Å². The van der Waals surface area contributed by atoms with Crippen molar-refractivity contribution >= 4 is 12.0 Å². The van der Waals surface area contributed by atoms with Gasteiger partial charge in [-0.2, -0.15) is 0 Å². The Morgan fingerprint density at radius 2 is 2.33 bits per heavy atom. The maximum atomic E-state index is 10.6. The minimum atomic E-state index is -0.237. The van der Waals surface area contributed by atoms with E-state index in [1.54, 1.807) is 6.07 Å². The zero-order valence-corrected chi connectivity index (χ0v) is 8.60. The summed E-state index contributed by atoms with van der Waals surface area (Å²) in [5, 5.41) is 9.56. The molecule has 1 aromatic rings. The number of hydrogen-bond donors (Lipinski definition) is 1. The molecule has 0 saturated carbocycles. The fraction of sp³-hybridized carbons (Fsp3) is 0.417. The highest BCUT2D eigenvalue weighted by atomic mass is 16.3. The van der Waals surface area contributed by atoms with Gasteiger partial charge in [0.25, 0.3) is 0 Å². The maximum Gasteiger partial charge on any atom is 0.150 e. The van der Waals surface area contributed by atoms with Crippen LogP contribution in [0.25, 0.3) is 0 Å². The van der Waals surface area contributed by atoms with E-state index >= 15 is 0 Å². The molecule has 1 aliphatic heterocycles. The van der Waals surface area contributed by atoms with E-state index in [-0.39, 0.29) is 6.10 Å². The van der Waals surface area contributed by atoms with Gasteiger partial charge in [0.1, 0.15) is 6.29 Å². The molecule has 1 saturated heterocycles. The van der Waals surface area contributed by atoms with Crippen molar-refractivity contribution in [2.45, 2.75) is 18.9 Å². The van der Waals surface area contributed by atoms with E-state index in [1.165, 1.54) is 0 Å². The zero-order valence-electron chi connectivity index (χ0n) is 8.60. The number of β-amino-alcohol motifs (C(OH)–C–C–N with tert-alkyl or cyclic N) is 1. The van der Waals surface area contributed by atoms with E-state index in [0.29, 0.717) is 12.1 Å². The highest BCUT2D eigenvalue weighted by Gasteiger charge is 2.17. The van der Waals surface area contributed by atoms with Crippen molar-refractivity contribution in [1.29, 1.82) is 0 Å². The number of anilines is 1. The SMILES string of the molecule is O=Cc1cccc(N2CCCC(O)C2)c1. The summed E-state index contributed by atoms with van der Waals surface area (Å²) in [6.07, 6.45) is 2.50. The van der Waals surface area contributed by atoms with Crippen LogP contribution in [0.4, 0.5) is 5.69 Å². The minimum absolute atomic E-state index is 0.237. The van der Waals surface area contributed by atoms with Crippen molar-refractivity contribution in [3.05, 3.63) is 29.8 Å². The summed E-state index contributed by atoms with van der Waals surface area (Å²) in [5.74, 6) is 0. The second-order valence-corrected chi connectivity index (χ2v) is 3.95. The van der Waals surface area contributed by atoms with Crippen LogP contribution in [0.3, 0.4) is 0 Å². The molecule has 3 heteroatoms. The highest BCUT2D eigenvalue weighted by Crippen LogP contribution is 2.20. The lowest BCUT2D eigenvalue weighted by molar-refractivity contribution is 0.112. The van der Waals surface area contributed by atoms with Crippen LogP contribution in [-0.2, 0) is 0 Å². The van der Waals surface area contributed by atoms with Crippen LogP contribution in [0, 0.1) is 0 Å². The molecule has 1 aliphatic rings. The molecule has 1 N–H and O–H groups in total. The van der Waals surface area contributed by atoms with E-state index in [9.17, 15) is 9.90 Å². The number of aliphatic hydroxyl groups excluding tert-OH is 1. The fourth-order valence-corrected chi connectivity index (χ4v) is 1.98. The highest BCUT2D eigenvalue weighted by molar-refractivity contribution is 5.77. The van der Waals surface area contributed by atoms with Crippen LogP contribution in [0.1, 0.15) is 23.2 Å². The number of piperidine rings is 1. The summed E-state index contributed by atoms with van der Waals surface area (Å²) >= 11 is 0. The summed E-state index contributed by atoms with van der Waals surface area (Å²) in [6.45, 7) is 1.63. The number of benzene rings is 1. The summed E-state index contributed by atoms with van der Waals surface area (Å²) in [6, 6.07) is 7.51. The lowest BCUT2D eigenvalue weighted by Gasteiger charge is -2.32. The molecule has 0 radical (unpaired) electrons. The average Bonchev–Trinajstić information content (AvgIpc) is 2.29. The predicted octanol–water partition coefficient (Wildman–Crippen LogP) is 1.46. The summed E-state index contributed by atoms with van der Waals surface area (Å²) in [7, 11) is 0. The van der Waals surface area contributed by atoms with Gasteiger partial charge in [0.2, 0.25) is 0 Å². The Balaban J connectivity index is 2.17. The van der Waals surface area contributed by atoms with Crippen molar-refractivity contribution < 1.29 is 9.90 Å². The van der Waals surface area contributed by atoms with Crippen molar-refractivity contribution in [1.82, 2.24) is 0 Å². The Hall–Kier alpha value is -1.35. The second kappa shape index (κ2) is 4.45. The van der Waals surface area contributed by atoms with Crippen LogP contribution >= 0.6 is 0 Å². The van der Waals surface area contributed by atoms with Crippen LogP contribution in [0.2, 0.25) is 0 Å². The van der Waals surface area contributed by atoms with E-state index in [0.717, 1.165) is 31.4 Å². The Bertz CT molecular complexity index is 351. The minimum Gasteiger partial charge on any atom is -0.391 e. The van der Waals surface area contributed by atoms with E-state index in [2.05, 4.69) is 4.90 Å². The Morgan fingerprint density at radius 1 is 1.47 bits per heavy atom. The molecule has 15 heavy (non-hydrogen) atoms. The van der Waals surface area contributed by atoms with Crippen LogP contribution in [0.5, 0.6) is 0 Å². The van der Waals surface area contributed by atoms with Crippen LogP contribution in [-0.4, -0.2) is 30.6 Å². The molecule has 1 atom stereocenters. The summed E-state index contributed by atoms with van der Waals surface area (Å²) < 4.78 is 0. The lowest BCUT2D eigenvalue weighted by atomic mass is 10.1. The molecule has 0 aliphatic carbocycles. The third-order valence-electron chi connectivity index (χ3n) is 2.77. The number of nitrogens with zero attached hydrogens (tertiary/aromatic N) is 1. The average molecular weight is 205 g/mol. The molecular weight excluding hydrogens is 190 g/mol. The van der Waals surface area contributed by atoms with Gasteiger partial charge in [-0.3, -0.25) is 4.79 Å². The van der Waals surface area contributed by atoms with Gasteiger partial charge < -0.3 is 10.0 Å². The first kappa shape index (κ1) is 10.2. The maximum absolute atomic E-state index is 10.6. The fourth-order valence-electron chi connectivity index (χ4n) is 1.98. The Labute approximate surface area is 89.3 Å². The van der Waals surface area contributed by atoms with Gasteiger partial charge in [0.15, 0.2) is 0 Å². The van der Waals surface area contributed by atoms with Gasteiger partial charge in [0, 0.05) is 24.3 Å². The van der Waals surface area contributed by atoms with Crippen molar-refractivity contribution in [2.75, 3.05) is 18.0 Å². The second-order valence-electron chi connectivity index (χ2n) is 3.95. The molecule has 3 nitrogen and oxygen atoms in total. The molecule has 1 aromatic carbocycles. The first-order chi connectivity index (χ1) is 7.29. The smallest absolute Gasteiger partial charge is 0.150 e. The predicted molar refractivity (Wildman–Crippen MR) is 59.3 cm³/mol. The molecule has 1 heterocycles. The summed E-state index contributed by atoms with van der Waals surface area (Å²) in [5.41, 5.74) is 1.71. The largest absolute Gasteiger partial charge is 0.391 e. The molecule has 2 rings (SSSR count). The quantitative estimate of drug-likeness (QED) is 0.743. The van der Waals surface area contributed by atoms with E-state index in [4.69, 9.17) is 0 Å². The van der Waals surface area contributed by atoms with E-state index in [1.807, 2.05) is 18.2 Å². The van der Waals surface area contributed by atoms with Gasteiger partial charge >= 0.3 is 0 Å². The molecule has 0 aromatic heterocycles. The normalized spacial score (nSPS) is 21.4. The number of aldehydes is 1. The molecule has 0 spiro atoms. The van der Waals surface area contributed by atoms with Gasteiger partial charge in [-0.1, -0.05) is 12.1 Å². The Kier molecular flexibility index (Phi) is 3.02. The molecule has 0 amide bonds. The monoisotopic (exact) mass is 205 g/mol. The van der Waals surface area contributed by atoms with Crippen molar-refractivity contribution in [3.63, 3.8) is 0 Å². The van der Waals surface area contributed by atoms with E-state index < -0.39 is 0 Å². The number of aliphatic hydroxyl groups is 1. The summed E-state index contributed by atoms with van der Waals surface area (Å²) in [4.78, 5) is 12.8. The molecule has 80 valence electrons. The first-order valence-corrected chi connectivity index (χ1v) is 5.28. The topological polar surface area (TPSA) is 40.5 Å². The third-order valence-corrected chi connectivity index (χ3v) is 2.77. The number of carbonyl (C=O) groups is 1. The standard InChI is InChI=1S/C12H15NO2/c14-9-10-3-1-4-11(7-10)13-6-2-5-12(15)8-13/h1,3-4,7,9,12,15H,2,5-6,8H2. The molecular formula is C12H15NO2. The number of hydrogen-bond acceptors (Lipinski definition) is 3. The van der Waals surface area contributed by atoms with Crippen molar-refractivity contribution in [3.8, 4) is 0 Å². The van der Waals surface area contributed by atoms with Gasteiger partial charge in [-0.25, -0.2) is 0 Å². The number of rotatable bonds is 2. The third kappa shape index (κ3) is 2.36.